The first-order valence-electron chi connectivity index (χ1n) is 3.42. The van der Waals surface area contributed by atoms with E-state index < -0.39 is 32.7 Å². The van der Waals surface area contributed by atoms with E-state index in [1.807, 2.05) is 0 Å². The van der Waals surface area contributed by atoms with Crippen LogP contribution in [0.2, 0.25) is 0 Å². The van der Waals surface area contributed by atoms with Crippen LogP contribution in [0, 0.1) is 6.61 Å². The van der Waals surface area contributed by atoms with E-state index in [1.165, 1.54) is 0 Å². The number of ether oxygens (including phenoxy) is 1. The highest BCUT2D eigenvalue weighted by Crippen LogP contribution is 2.27. The number of hydrogen-bond acceptors (Lipinski definition) is 7. The zero-order valence-corrected chi connectivity index (χ0v) is 7.29. The van der Waals surface area contributed by atoms with Crippen molar-refractivity contribution in [3.05, 3.63) is 6.61 Å². The van der Waals surface area contributed by atoms with Gasteiger partial charge in [-0.05, 0) is 0 Å². The molecule has 1 heterocycles. The number of aliphatic hydroxyl groups is 2. The minimum atomic E-state index is -5.05. The molecule has 0 radical (unpaired) electrons. The first kappa shape index (κ1) is 10.9. The second kappa shape index (κ2) is 3.93. The summed E-state index contributed by atoms with van der Waals surface area (Å²) < 4.78 is 18.5. The molecule has 1 fully saturated rings. The number of rotatable bonds is 3. The minimum absolute atomic E-state index is 0.598. The lowest BCUT2D eigenvalue weighted by Crippen LogP contribution is -2.33. The summed E-state index contributed by atoms with van der Waals surface area (Å²) in [7, 11) is -5.05. The number of hydrogen-bond donors (Lipinski definition) is 2. The van der Waals surface area contributed by atoms with Crippen LogP contribution in [0.15, 0.2) is 0 Å². The molecule has 1 aliphatic heterocycles. The zero-order valence-electron chi connectivity index (χ0n) is 6.40. The molecule has 2 N–H and O–H groups in total. The van der Waals surface area contributed by atoms with E-state index in [4.69, 9.17) is 10.2 Å². The molecular weight excluding hydrogens is 203 g/mol. The van der Waals surface area contributed by atoms with Crippen molar-refractivity contribution in [2.45, 2.75) is 18.3 Å². The number of phosphoric ester groups is 1. The summed E-state index contributed by atoms with van der Waals surface area (Å²) in [5.74, 6) is 0. The minimum Gasteiger partial charge on any atom is -0.790 e. The van der Waals surface area contributed by atoms with Crippen molar-refractivity contribution in [3.63, 3.8) is 0 Å². The molecule has 7 nitrogen and oxygen atoms in total. The van der Waals surface area contributed by atoms with Crippen LogP contribution in [-0.4, -0.2) is 35.1 Å². The van der Waals surface area contributed by atoms with Gasteiger partial charge in [-0.2, -0.15) is 4.74 Å². The van der Waals surface area contributed by atoms with Crippen molar-refractivity contribution in [3.8, 4) is 0 Å². The van der Waals surface area contributed by atoms with Gasteiger partial charge in [0.05, 0.1) is 14.4 Å². The smallest absolute Gasteiger partial charge is 0.261 e. The standard InChI is InChI=1S/C5H9O7P/c6-3-1-11-4(5(3)7)2-12-13(8,9)10/h1,3-7H,2H2,(H-,8,9,10)/p-1/t3-,4+,5-/m0/s1. The highest BCUT2D eigenvalue weighted by Gasteiger charge is 2.43. The van der Waals surface area contributed by atoms with Gasteiger partial charge >= 0.3 is 0 Å². The molecule has 0 aliphatic carbocycles. The summed E-state index contributed by atoms with van der Waals surface area (Å²) in [4.78, 5) is 20.0. The first-order chi connectivity index (χ1) is 5.90. The van der Waals surface area contributed by atoms with Crippen molar-refractivity contribution in [2.24, 2.45) is 0 Å². The van der Waals surface area contributed by atoms with Gasteiger partial charge in [-0.25, -0.2) is 0 Å². The molecule has 0 amide bonds. The Labute approximate surface area is 74.1 Å². The van der Waals surface area contributed by atoms with E-state index in [9.17, 15) is 14.4 Å². The Morgan fingerprint density at radius 2 is 2.15 bits per heavy atom. The third-order valence-electron chi connectivity index (χ3n) is 1.52. The van der Waals surface area contributed by atoms with Crippen LogP contribution in [0.25, 0.3) is 0 Å². The van der Waals surface area contributed by atoms with E-state index in [0.717, 1.165) is 6.61 Å². The summed E-state index contributed by atoms with van der Waals surface area (Å²) in [6.07, 6.45) is -3.48. The summed E-state index contributed by atoms with van der Waals surface area (Å²) in [6, 6.07) is 0. The van der Waals surface area contributed by atoms with E-state index in [0.29, 0.717) is 0 Å². The van der Waals surface area contributed by atoms with Gasteiger partial charge in [0, 0.05) is 0 Å². The molecule has 76 valence electrons. The zero-order chi connectivity index (χ0) is 10.1. The van der Waals surface area contributed by atoms with Crippen molar-refractivity contribution in [2.75, 3.05) is 6.61 Å². The third kappa shape index (κ3) is 3.24. The van der Waals surface area contributed by atoms with Gasteiger partial charge in [-0.3, -0.25) is 0 Å². The molecule has 0 aromatic heterocycles. The molecule has 3 atom stereocenters. The molecule has 0 spiro atoms. The van der Waals surface area contributed by atoms with E-state index in [-0.39, 0.29) is 0 Å². The molecule has 0 aromatic rings. The highest BCUT2D eigenvalue weighted by atomic mass is 31.2. The van der Waals surface area contributed by atoms with E-state index in [1.54, 1.807) is 0 Å². The molecule has 0 bridgehead atoms. The lowest BCUT2D eigenvalue weighted by atomic mass is 10.2. The lowest BCUT2D eigenvalue weighted by molar-refractivity contribution is -0.342. The quantitative estimate of drug-likeness (QED) is 0.379. The van der Waals surface area contributed by atoms with Gasteiger partial charge < -0.3 is 29.1 Å². The molecular formula is C5H8O7P-. The maximum Gasteiger partial charge on any atom is 0.261 e. The van der Waals surface area contributed by atoms with Crippen LogP contribution in [0.4, 0.5) is 0 Å². The fourth-order valence-corrected chi connectivity index (χ4v) is 1.19. The van der Waals surface area contributed by atoms with Crippen LogP contribution < -0.4 is 9.79 Å². The molecule has 0 unspecified atom stereocenters. The third-order valence-corrected chi connectivity index (χ3v) is 1.99. The van der Waals surface area contributed by atoms with Gasteiger partial charge in [-0.1, -0.05) is 0 Å². The molecule has 8 heteroatoms. The van der Waals surface area contributed by atoms with E-state index in [2.05, 4.69) is 9.26 Å². The lowest BCUT2D eigenvalue weighted by Gasteiger charge is -2.29. The second-order valence-electron chi connectivity index (χ2n) is 2.53. The Balaban J connectivity index is 2.35. The van der Waals surface area contributed by atoms with Crippen LogP contribution in [0.1, 0.15) is 0 Å². The summed E-state index contributed by atoms with van der Waals surface area (Å²) in [5.41, 5.74) is 0. The van der Waals surface area contributed by atoms with Crippen LogP contribution >= 0.6 is 7.82 Å². The fourth-order valence-electron chi connectivity index (χ4n) is 0.865. The number of phosphoric acid groups is 1. The van der Waals surface area contributed by atoms with Gasteiger partial charge in [0.15, 0.2) is 12.2 Å². The SMILES string of the molecule is O=P([O-])([O-])OC[C@H]1O[CH+][C@H](O)[C@@H]1O. The predicted molar refractivity (Wildman–Crippen MR) is 34.7 cm³/mol. The molecule has 1 aliphatic rings. The monoisotopic (exact) mass is 211 g/mol. The van der Waals surface area contributed by atoms with E-state index >= 15 is 0 Å². The topological polar surface area (TPSA) is 122 Å². The maximum atomic E-state index is 10.0. The van der Waals surface area contributed by atoms with Crippen LogP contribution in [0.5, 0.6) is 0 Å². The Morgan fingerprint density at radius 3 is 2.54 bits per heavy atom. The Bertz CT molecular complexity index is 213. The van der Waals surface area contributed by atoms with Crippen LogP contribution in [-0.2, 0) is 13.8 Å². The van der Waals surface area contributed by atoms with Gasteiger partial charge in [-0.15, -0.1) is 0 Å². The highest BCUT2D eigenvalue weighted by molar-refractivity contribution is 7.43. The van der Waals surface area contributed by atoms with Crippen LogP contribution in [0.3, 0.4) is 0 Å². The largest absolute Gasteiger partial charge is 0.790 e. The summed E-state index contributed by atoms with van der Waals surface area (Å²) in [6.45, 7) is 0.345. The van der Waals surface area contributed by atoms with Crippen molar-refractivity contribution < 1.29 is 33.8 Å². The molecule has 0 saturated carbocycles. The Morgan fingerprint density at radius 1 is 1.54 bits per heavy atom. The molecule has 1 rings (SSSR count). The normalized spacial score (nSPS) is 34.6. The summed E-state index contributed by atoms with van der Waals surface area (Å²) in [5, 5.41) is 18.0. The first-order valence-corrected chi connectivity index (χ1v) is 4.88. The average molecular weight is 211 g/mol. The van der Waals surface area contributed by atoms with Gasteiger partial charge in [0.1, 0.15) is 0 Å². The predicted octanol–water partition coefficient (Wildman–Crippen LogP) is -2.89. The fraction of sp³-hybridized carbons (Fsp3) is 0.800. The van der Waals surface area contributed by atoms with Crippen molar-refractivity contribution >= 4 is 7.82 Å². The van der Waals surface area contributed by atoms with Gasteiger partial charge in [0.25, 0.3) is 12.7 Å². The second-order valence-corrected chi connectivity index (χ2v) is 3.69. The van der Waals surface area contributed by atoms with Crippen molar-refractivity contribution in [1.29, 1.82) is 0 Å². The average Bonchev–Trinajstić information content (AvgIpc) is 2.29. The molecule has 13 heavy (non-hydrogen) atoms. The van der Waals surface area contributed by atoms with Gasteiger partial charge in [0.2, 0.25) is 0 Å². The Hall–Kier alpha value is -0.140. The van der Waals surface area contributed by atoms with Crippen molar-refractivity contribution in [1.82, 2.24) is 0 Å². The molecule has 1 saturated heterocycles. The number of aliphatic hydroxyl groups excluding tert-OH is 2. The Kier molecular flexibility index (Phi) is 3.31. The molecule has 0 aromatic carbocycles. The summed E-state index contributed by atoms with van der Waals surface area (Å²) >= 11 is 0. The maximum absolute atomic E-state index is 10.0.